The number of carbonyl (C=O) groups excluding carboxylic acids is 1. The van der Waals surface area contributed by atoms with E-state index in [9.17, 15) is 14.7 Å². The Morgan fingerprint density at radius 1 is 1.03 bits per heavy atom. The highest BCUT2D eigenvalue weighted by Crippen LogP contribution is 2.44. The molecule has 0 saturated heterocycles. The van der Waals surface area contributed by atoms with Gasteiger partial charge in [0, 0.05) is 19.0 Å². The summed E-state index contributed by atoms with van der Waals surface area (Å²) >= 11 is 0. The maximum absolute atomic E-state index is 12.9. The maximum atomic E-state index is 12.9. The largest absolute Gasteiger partial charge is 0.476 e. The Kier molecular flexibility index (Phi) is 4.08. The van der Waals surface area contributed by atoms with Crippen molar-refractivity contribution in [2.24, 2.45) is 0 Å². The first-order valence-corrected chi connectivity index (χ1v) is 9.56. The Balaban J connectivity index is 1.40. The molecular weight excluding hydrogens is 370 g/mol. The summed E-state index contributed by atoms with van der Waals surface area (Å²) < 4.78 is 7.38. The fourth-order valence-electron chi connectivity index (χ4n) is 4.33. The first-order valence-electron chi connectivity index (χ1n) is 9.56. The third-order valence-electron chi connectivity index (χ3n) is 5.61. The number of aromatic carboxylic acids is 1. The quantitative estimate of drug-likeness (QED) is 0.738. The van der Waals surface area contributed by atoms with Gasteiger partial charge in [-0.05, 0) is 28.7 Å². The van der Waals surface area contributed by atoms with Gasteiger partial charge >= 0.3 is 12.1 Å². The lowest BCUT2D eigenvalue weighted by Crippen LogP contribution is -2.39. The molecular formula is C22H19N3O4. The topological polar surface area (TPSA) is 84.7 Å². The van der Waals surface area contributed by atoms with Crippen LogP contribution in [0.1, 0.15) is 34.0 Å². The third kappa shape index (κ3) is 2.77. The van der Waals surface area contributed by atoms with E-state index in [1.165, 1.54) is 11.2 Å². The van der Waals surface area contributed by atoms with Crippen LogP contribution in [0.5, 0.6) is 0 Å². The molecule has 0 fully saturated rings. The molecule has 5 rings (SSSR count). The number of benzene rings is 2. The molecule has 2 aliphatic rings. The summed E-state index contributed by atoms with van der Waals surface area (Å²) in [5.41, 5.74) is 4.47. The van der Waals surface area contributed by atoms with E-state index in [4.69, 9.17) is 4.74 Å². The van der Waals surface area contributed by atoms with Crippen LogP contribution in [0.25, 0.3) is 11.1 Å². The lowest BCUT2D eigenvalue weighted by molar-refractivity contribution is 0.0691. The van der Waals surface area contributed by atoms with Crippen LogP contribution >= 0.6 is 0 Å². The van der Waals surface area contributed by atoms with Crippen LogP contribution in [-0.4, -0.2) is 39.9 Å². The van der Waals surface area contributed by atoms with Gasteiger partial charge in [-0.1, -0.05) is 48.5 Å². The van der Waals surface area contributed by atoms with Crippen molar-refractivity contribution in [2.75, 3.05) is 18.1 Å². The monoisotopic (exact) mass is 389 g/mol. The second-order valence-corrected chi connectivity index (χ2v) is 7.22. The Hall–Kier alpha value is -3.61. The zero-order valence-corrected chi connectivity index (χ0v) is 15.6. The minimum absolute atomic E-state index is 0.0417. The van der Waals surface area contributed by atoms with Crippen molar-refractivity contribution in [3.63, 3.8) is 0 Å². The summed E-state index contributed by atoms with van der Waals surface area (Å²) in [4.78, 5) is 29.7. The molecule has 0 spiro atoms. The van der Waals surface area contributed by atoms with Gasteiger partial charge in [-0.2, -0.15) is 0 Å². The average molecular weight is 389 g/mol. The Morgan fingerprint density at radius 3 is 2.34 bits per heavy atom. The smallest absolute Gasteiger partial charge is 0.415 e. The average Bonchev–Trinajstić information content (AvgIpc) is 3.32. The van der Waals surface area contributed by atoms with Crippen molar-refractivity contribution in [3.05, 3.63) is 71.7 Å². The van der Waals surface area contributed by atoms with Crippen molar-refractivity contribution >= 4 is 17.9 Å². The second-order valence-electron chi connectivity index (χ2n) is 7.22. The summed E-state index contributed by atoms with van der Waals surface area (Å²) in [6.45, 7) is 1.23. The molecule has 0 bridgehead atoms. The molecule has 0 saturated carbocycles. The standard InChI is InChI=1S/C22H19N3O4/c26-21(27)19-20-24(13-23-19)10-5-11-25(20)22(28)29-12-18-16-8-3-1-6-14(16)15-7-2-4-9-17(15)18/h1-4,6-9,13,18H,5,10-12H2,(H,26,27). The Bertz CT molecular complexity index is 1080. The number of anilines is 1. The first kappa shape index (κ1) is 17.5. The van der Waals surface area contributed by atoms with Crippen LogP contribution < -0.4 is 4.90 Å². The highest BCUT2D eigenvalue weighted by atomic mass is 16.6. The molecule has 0 radical (unpaired) electrons. The van der Waals surface area contributed by atoms with E-state index in [0.29, 0.717) is 25.3 Å². The van der Waals surface area contributed by atoms with Crippen molar-refractivity contribution in [2.45, 2.75) is 18.9 Å². The lowest BCUT2D eigenvalue weighted by atomic mass is 9.98. The van der Waals surface area contributed by atoms with Crippen LogP contribution in [0.15, 0.2) is 54.9 Å². The number of aromatic nitrogens is 2. The molecule has 1 N–H and O–H groups in total. The number of rotatable bonds is 3. The number of imidazole rings is 1. The van der Waals surface area contributed by atoms with E-state index in [2.05, 4.69) is 29.2 Å². The summed E-state index contributed by atoms with van der Waals surface area (Å²) in [6.07, 6.45) is 1.63. The molecule has 3 aromatic rings. The summed E-state index contributed by atoms with van der Waals surface area (Å²) in [5.74, 6) is -0.905. The number of nitrogens with zero attached hydrogens (tertiary/aromatic N) is 3. The molecule has 146 valence electrons. The fraction of sp³-hybridized carbons (Fsp3) is 0.227. The zero-order chi connectivity index (χ0) is 20.0. The summed E-state index contributed by atoms with van der Waals surface area (Å²) in [5, 5.41) is 9.40. The Morgan fingerprint density at radius 2 is 1.69 bits per heavy atom. The first-order chi connectivity index (χ1) is 14.1. The maximum Gasteiger partial charge on any atom is 0.415 e. The van der Waals surface area contributed by atoms with Gasteiger partial charge in [0.2, 0.25) is 0 Å². The molecule has 29 heavy (non-hydrogen) atoms. The highest BCUT2D eigenvalue weighted by Gasteiger charge is 2.33. The molecule has 1 aliphatic heterocycles. The SMILES string of the molecule is O=C(O)c1ncn2c1N(C(=O)OCC1c3ccccc3-c3ccccc31)CCC2. The normalized spacial score (nSPS) is 14.8. The summed E-state index contributed by atoms with van der Waals surface area (Å²) in [6, 6.07) is 16.3. The molecule has 0 unspecified atom stereocenters. The predicted octanol–water partition coefficient (Wildman–Crippen LogP) is 3.74. The van der Waals surface area contributed by atoms with Gasteiger partial charge in [-0.15, -0.1) is 0 Å². The molecule has 1 amide bonds. The molecule has 7 heteroatoms. The number of carboxylic acids is 1. The molecule has 0 atom stereocenters. The predicted molar refractivity (Wildman–Crippen MR) is 106 cm³/mol. The van der Waals surface area contributed by atoms with Crippen molar-refractivity contribution < 1.29 is 19.4 Å². The van der Waals surface area contributed by atoms with E-state index in [-0.39, 0.29) is 18.2 Å². The van der Waals surface area contributed by atoms with E-state index in [1.54, 1.807) is 4.57 Å². The highest BCUT2D eigenvalue weighted by molar-refractivity contribution is 5.97. The van der Waals surface area contributed by atoms with Crippen LogP contribution in [0, 0.1) is 0 Å². The van der Waals surface area contributed by atoms with Crippen molar-refractivity contribution in [3.8, 4) is 11.1 Å². The van der Waals surface area contributed by atoms with Crippen LogP contribution in [0.4, 0.5) is 10.6 Å². The van der Waals surface area contributed by atoms with Gasteiger partial charge < -0.3 is 14.4 Å². The van der Waals surface area contributed by atoms with Crippen molar-refractivity contribution in [1.29, 1.82) is 0 Å². The van der Waals surface area contributed by atoms with Crippen LogP contribution in [-0.2, 0) is 11.3 Å². The number of carbonyl (C=O) groups is 2. The van der Waals surface area contributed by atoms with E-state index in [0.717, 1.165) is 22.3 Å². The van der Waals surface area contributed by atoms with E-state index < -0.39 is 12.1 Å². The van der Waals surface area contributed by atoms with Gasteiger partial charge in [0.15, 0.2) is 11.5 Å². The number of carboxylic acid groups (broad SMARTS) is 1. The number of fused-ring (bicyclic) bond motifs is 4. The number of aryl methyl sites for hydroxylation is 1. The molecule has 1 aliphatic carbocycles. The number of hydrogen-bond donors (Lipinski definition) is 1. The molecule has 2 aromatic carbocycles. The second kappa shape index (κ2) is 6.77. The molecule has 1 aromatic heterocycles. The number of ether oxygens (including phenoxy) is 1. The van der Waals surface area contributed by atoms with Gasteiger partial charge in [-0.3, -0.25) is 4.90 Å². The number of amides is 1. The van der Waals surface area contributed by atoms with Crippen molar-refractivity contribution in [1.82, 2.24) is 9.55 Å². The third-order valence-corrected chi connectivity index (χ3v) is 5.61. The van der Waals surface area contributed by atoms with Gasteiger partial charge in [0.1, 0.15) is 6.61 Å². The van der Waals surface area contributed by atoms with E-state index in [1.807, 2.05) is 24.3 Å². The van der Waals surface area contributed by atoms with Crippen LogP contribution in [0.3, 0.4) is 0 Å². The Labute approximate surface area is 167 Å². The van der Waals surface area contributed by atoms with Gasteiger partial charge in [0.05, 0.1) is 6.33 Å². The number of hydrogen-bond acceptors (Lipinski definition) is 4. The van der Waals surface area contributed by atoms with E-state index >= 15 is 0 Å². The van der Waals surface area contributed by atoms with Gasteiger partial charge in [-0.25, -0.2) is 14.6 Å². The zero-order valence-electron chi connectivity index (χ0n) is 15.6. The lowest BCUT2D eigenvalue weighted by Gasteiger charge is -2.28. The minimum Gasteiger partial charge on any atom is -0.476 e. The minimum atomic E-state index is -1.16. The fourth-order valence-corrected chi connectivity index (χ4v) is 4.33. The van der Waals surface area contributed by atoms with Crippen LogP contribution in [0.2, 0.25) is 0 Å². The molecule has 7 nitrogen and oxygen atoms in total. The molecule has 2 heterocycles. The summed E-state index contributed by atoms with van der Waals surface area (Å²) in [7, 11) is 0. The van der Waals surface area contributed by atoms with Gasteiger partial charge in [0.25, 0.3) is 0 Å².